The van der Waals surface area contributed by atoms with Gasteiger partial charge in [0.2, 0.25) is 0 Å². The van der Waals surface area contributed by atoms with Crippen LogP contribution in [-0.4, -0.2) is 13.3 Å². The van der Waals surface area contributed by atoms with E-state index in [-0.39, 0.29) is 6.42 Å². The molecule has 0 saturated carbocycles. The minimum absolute atomic E-state index is 0.0416. The van der Waals surface area contributed by atoms with Gasteiger partial charge >= 0.3 is 6.18 Å². The zero-order valence-electron chi connectivity index (χ0n) is 10.9. The predicted molar refractivity (Wildman–Crippen MR) is 65.6 cm³/mol. The normalized spacial score (nSPS) is 11.5. The minimum atomic E-state index is -4.38. The fourth-order valence-corrected chi connectivity index (χ4v) is 1.75. The van der Waals surface area contributed by atoms with Crippen LogP contribution in [0.3, 0.4) is 0 Å². The summed E-state index contributed by atoms with van der Waals surface area (Å²) in [5.74, 6) is 0.601. The number of benzene rings is 1. The van der Waals surface area contributed by atoms with Gasteiger partial charge in [0.25, 0.3) is 0 Å². The molecule has 3 nitrogen and oxygen atoms in total. The quantitative estimate of drug-likeness (QED) is 0.828. The van der Waals surface area contributed by atoms with E-state index >= 15 is 0 Å². The van der Waals surface area contributed by atoms with E-state index in [1.165, 1.54) is 7.11 Å². The Hall–Kier alpha value is -2.21. The van der Waals surface area contributed by atoms with Crippen molar-refractivity contribution in [1.29, 1.82) is 10.5 Å². The molecule has 20 heavy (non-hydrogen) atoms. The summed E-state index contributed by atoms with van der Waals surface area (Å²) in [6, 6.07) is 9.99. The fraction of sp³-hybridized carbons (Fsp3) is 0.429. The van der Waals surface area contributed by atoms with Crippen molar-refractivity contribution in [2.45, 2.75) is 25.4 Å². The van der Waals surface area contributed by atoms with Gasteiger partial charge in [0.15, 0.2) is 0 Å². The number of nitriles is 2. The van der Waals surface area contributed by atoms with E-state index in [0.717, 1.165) is 0 Å². The van der Waals surface area contributed by atoms with Crippen LogP contribution < -0.4 is 4.74 Å². The molecule has 0 aliphatic rings. The molecule has 0 amide bonds. The van der Waals surface area contributed by atoms with E-state index in [2.05, 4.69) is 0 Å². The van der Waals surface area contributed by atoms with Crippen LogP contribution in [0.1, 0.15) is 18.4 Å². The average molecular weight is 282 g/mol. The standard InChI is InChI=1S/C14H13F3N2O/c1-20-12-4-2-11(3-5-12)8-13(9-18,10-19)6-7-14(15,16)17/h2-5H,6-8H2,1H3. The van der Waals surface area contributed by atoms with E-state index < -0.39 is 24.4 Å². The largest absolute Gasteiger partial charge is 0.497 e. The number of alkyl halides is 3. The lowest BCUT2D eigenvalue weighted by atomic mass is 9.80. The molecule has 0 aromatic heterocycles. The summed E-state index contributed by atoms with van der Waals surface area (Å²) >= 11 is 0. The Kier molecular flexibility index (Phi) is 4.99. The van der Waals surface area contributed by atoms with Gasteiger partial charge in [0, 0.05) is 12.8 Å². The maximum absolute atomic E-state index is 12.3. The van der Waals surface area contributed by atoms with Crippen LogP contribution in [0.5, 0.6) is 5.75 Å². The minimum Gasteiger partial charge on any atom is -0.497 e. The van der Waals surface area contributed by atoms with Crippen molar-refractivity contribution in [2.24, 2.45) is 5.41 Å². The Morgan fingerprint density at radius 2 is 1.60 bits per heavy atom. The summed E-state index contributed by atoms with van der Waals surface area (Å²) in [6.45, 7) is 0. The van der Waals surface area contributed by atoms with Gasteiger partial charge in [0.1, 0.15) is 11.2 Å². The molecular formula is C14H13F3N2O. The Morgan fingerprint density at radius 1 is 1.05 bits per heavy atom. The zero-order valence-corrected chi connectivity index (χ0v) is 10.9. The lowest BCUT2D eigenvalue weighted by Gasteiger charge is -2.19. The Balaban J connectivity index is 2.86. The first-order valence-electron chi connectivity index (χ1n) is 5.86. The van der Waals surface area contributed by atoms with Crippen LogP contribution in [0.25, 0.3) is 0 Å². The van der Waals surface area contributed by atoms with Gasteiger partial charge in [-0.3, -0.25) is 0 Å². The topological polar surface area (TPSA) is 56.8 Å². The van der Waals surface area contributed by atoms with E-state index in [1.807, 2.05) is 0 Å². The van der Waals surface area contributed by atoms with Crippen molar-refractivity contribution in [1.82, 2.24) is 0 Å². The van der Waals surface area contributed by atoms with Crippen LogP contribution in [-0.2, 0) is 6.42 Å². The number of hydrogen-bond donors (Lipinski definition) is 0. The monoisotopic (exact) mass is 282 g/mol. The lowest BCUT2D eigenvalue weighted by molar-refractivity contribution is -0.138. The maximum Gasteiger partial charge on any atom is 0.389 e. The number of nitrogens with zero attached hydrogens (tertiary/aromatic N) is 2. The van der Waals surface area contributed by atoms with Gasteiger partial charge in [-0.1, -0.05) is 12.1 Å². The van der Waals surface area contributed by atoms with Crippen molar-refractivity contribution in [3.8, 4) is 17.9 Å². The maximum atomic E-state index is 12.3. The van der Waals surface area contributed by atoms with Crippen LogP contribution in [0.15, 0.2) is 24.3 Å². The third-order valence-corrected chi connectivity index (χ3v) is 2.93. The van der Waals surface area contributed by atoms with E-state index in [1.54, 1.807) is 36.4 Å². The molecule has 1 aromatic rings. The molecule has 0 unspecified atom stereocenters. The van der Waals surface area contributed by atoms with Gasteiger partial charge < -0.3 is 4.74 Å². The Bertz CT molecular complexity index is 509. The fourth-order valence-electron chi connectivity index (χ4n) is 1.75. The van der Waals surface area contributed by atoms with Gasteiger partial charge in [-0.15, -0.1) is 0 Å². The average Bonchev–Trinajstić information content (AvgIpc) is 2.43. The molecule has 0 aliphatic heterocycles. The van der Waals surface area contributed by atoms with Crippen molar-refractivity contribution >= 4 is 0 Å². The summed E-state index contributed by atoms with van der Waals surface area (Å²) in [7, 11) is 1.49. The molecular weight excluding hydrogens is 269 g/mol. The highest BCUT2D eigenvalue weighted by Gasteiger charge is 2.37. The van der Waals surface area contributed by atoms with Crippen molar-refractivity contribution < 1.29 is 17.9 Å². The zero-order chi connectivity index (χ0) is 15.2. The van der Waals surface area contributed by atoms with E-state index in [9.17, 15) is 13.2 Å². The molecule has 0 N–H and O–H groups in total. The number of methoxy groups -OCH3 is 1. The third kappa shape index (κ3) is 4.47. The van der Waals surface area contributed by atoms with Crippen LogP contribution in [0.2, 0.25) is 0 Å². The van der Waals surface area contributed by atoms with Gasteiger partial charge in [-0.2, -0.15) is 23.7 Å². The van der Waals surface area contributed by atoms with Gasteiger partial charge in [-0.25, -0.2) is 0 Å². The van der Waals surface area contributed by atoms with Gasteiger partial charge in [-0.05, 0) is 24.1 Å². The first kappa shape index (κ1) is 15.8. The molecule has 6 heteroatoms. The molecule has 0 heterocycles. The first-order valence-corrected chi connectivity index (χ1v) is 5.86. The summed E-state index contributed by atoms with van der Waals surface area (Å²) in [4.78, 5) is 0. The molecule has 106 valence electrons. The van der Waals surface area contributed by atoms with Crippen LogP contribution in [0, 0.1) is 28.1 Å². The molecule has 0 bridgehead atoms. The highest BCUT2D eigenvalue weighted by molar-refractivity contribution is 5.30. The summed E-state index contributed by atoms with van der Waals surface area (Å²) in [6.07, 6.45) is -6.10. The Morgan fingerprint density at radius 3 is 2.00 bits per heavy atom. The van der Waals surface area contributed by atoms with Crippen molar-refractivity contribution in [2.75, 3.05) is 7.11 Å². The second-order valence-electron chi connectivity index (χ2n) is 4.45. The second-order valence-corrected chi connectivity index (χ2v) is 4.45. The molecule has 1 rings (SSSR count). The smallest absolute Gasteiger partial charge is 0.389 e. The number of rotatable bonds is 5. The lowest BCUT2D eigenvalue weighted by Crippen LogP contribution is -2.23. The van der Waals surface area contributed by atoms with E-state index in [0.29, 0.717) is 11.3 Å². The van der Waals surface area contributed by atoms with Gasteiger partial charge in [0.05, 0.1) is 19.2 Å². The highest BCUT2D eigenvalue weighted by Crippen LogP contribution is 2.33. The van der Waals surface area contributed by atoms with Crippen LogP contribution >= 0.6 is 0 Å². The number of halogens is 3. The first-order chi connectivity index (χ1) is 9.34. The van der Waals surface area contributed by atoms with Crippen LogP contribution in [0.4, 0.5) is 13.2 Å². The van der Waals surface area contributed by atoms with Crippen molar-refractivity contribution in [3.63, 3.8) is 0 Å². The predicted octanol–water partition coefficient (Wildman–Crippen LogP) is 3.61. The molecule has 0 aliphatic carbocycles. The molecule has 0 fully saturated rings. The summed E-state index contributed by atoms with van der Waals surface area (Å²) < 4.78 is 41.7. The molecule has 0 atom stereocenters. The highest BCUT2D eigenvalue weighted by atomic mass is 19.4. The van der Waals surface area contributed by atoms with Crippen molar-refractivity contribution in [3.05, 3.63) is 29.8 Å². The third-order valence-electron chi connectivity index (χ3n) is 2.93. The molecule has 0 saturated heterocycles. The summed E-state index contributed by atoms with van der Waals surface area (Å²) in [5.41, 5.74) is -1.04. The van der Waals surface area contributed by atoms with E-state index in [4.69, 9.17) is 15.3 Å². The SMILES string of the molecule is COc1ccc(CC(C#N)(C#N)CCC(F)(F)F)cc1. The molecule has 1 aromatic carbocycles. The number of ether oxygens (including phenoxy) is 1. The second kappa shape index (κ2) is 6.29. The molecule has 0 radical (unpaired) electrons. The molecule has 0 spiro atoms. The summed E-state index contributed by atoms with van der Waals surface area (Å²) in [5, 5.41) is 18.1. The Labute approximate surface area is 115 Å². The number of hydrogen-bond acceptors (Lipinski definition) is 3.